The van der Waals surface area contributed by atoms with Gasteiger partial charge in [-0.1, -0.05) is 18.2 Å². The predicted molar refractivity (Wildman–Crippen MR) is 99.6 cm³/mol. The fourth-order valence-electron chi connectivity index (χ4n) is 3.16. The molecule has 1 aromatic heterocycles. The van der Waals surface area contributed by atoms with Crippen molar-refractivity contribution in [1.82, 2.24) is 20.9 Å². The van der Waals surface area contributed by atoms with Crippen molar-refractivity contribution in [1.29, 1.82) is 0 Å². The molecule has 0 radical (unpaired) electrons. The van der Waals surface area contributed by atoms with Crippen molar-refractivity contribution in [3.8, 4) is 0 Å². The number of urea groups is 1. The molecule has 0 aliphatic heterocycles. The minimum atomic E-state index is -0.154. The molecule has 1 heterocycles. The molecular formula is C20H24N4O2. The van der Waals surface area contributed by atoms with Crippen molar-refractivity contribution in [2.75, 3.05) is 0 Å². The maximum absolute atomic E-state index is 12.2. The molecule has 0 saturated heterocycles. The number of aromatic nitrogens is 1. The number of carbonyl (C=O) groups is 2. The van der Waals surface area contributed by atoms with Gasteiger partial charge >= 0.3 is 6.03 Å². The molecule has 1 aliphatic carbocycles. The van der Waals surface area contributed by atoms with E-state index < -0.39 is 0 Å². The Hall–Kier alpha value is -2.89. The number of rotatable bonds is 5. The lowest BCUT2D eigenvalue weighted by Crippen LogP contribution is -2.46. The zero-order chi connectivity index (χ0) is 18.2. The molecule has 2 aromatic rings. The fourth-order valence-corrected chi connectivity index (χ4v) is 3.16. The second kappa shape index (κ2) is 8.99. The molecule has 1 saturated carbocycles. The first kappa shape index (κ1) is 17.9. The summed E-state index contributed by atoms with van der Waals surface area (Å²) in [5.41, 5.74) is 1.70. The normalized spacial score (nSPS) is 19.4. The van der Waals surface area contributed by atoms with Gasteiger partial charge in [0.1, 0.15) is 0 Å². The molecule has 26 heavy (non-hydrogen) atoms. The highest BCUT2D eigenvalue weighted by molar-refractivity contribution is 5.94. The summed E-state index contributed by atoms with van der Waals surface area (Å²) in [6.45, 7) is 0.483. The van der Waals surface area contributed by atoms with Gasteiger partial charge in [0.25, 0.3) is 5.91 Å². The Bertz CT molecular complexity index is 713. The van der Waals surface area contributed by atoms with Crippen LogP contribution in [0.5, 0.6) is 0 Å². The molecule has 3 N–H and O–H groups in total. The van der Waals surface area contributed by atoms with E-state index in [1.807, 2.05) is 42.5 Å². The van der Waals surface area contributed by atoms with E-state index in [0.717, 1.165) is 31.2 Å². The zero-order valence-electron chi connectivity index (χ0n) is 14.7. The standard InChI is InChI=1S/C20H24N4O2/c25-19(16-4-2-1-3-5-16)23-17-6-8-18(9-7-17)24-20(26)22-14-15-10-12-21-13-11-15/h1-5,10-13,17-18H,6-9,14H2,(H,23,25)(H2,22,24,26). The van der Waals surface area contributed by atoms with Crippen LogP contribution >= 0.6 is 0 Å². The number of nitrogens with zero attached hydrogens (tertiary/aromatic N) is 1. The summed E-state index contributed by atoms with van der Waals surface area (Å²) in [6, 6.07) is 13.2. The molecule has 1 aromatic carbocycles. The van der Waals surface area contributed by atoms with E-state index in [9.17, 15) is 9.59 Å². The molecule has 1 fully saturated rings. The Morgan fingerprint density at radius 1 is 0.885 bits per heavy atom. The first-order chi connectivity index (χ1) is 12.7. The Morgan fingerprint density at radius 3 is 2.15 bits per heavy atom. The number of nitrogens with one attached hydrogen (secondary N) is 3. The highest BCUT2D eigenvalue weighted by Crippen LogP contribution is 2.19. The second-order valence-electron chi connectivity index (χ2n) is 6.57. The molecule has 0 spiro atoms. The van der Waals surface area contributed by atoms with Crippen molar-refractivity contribution in [2.45, 2.75) is 44.3 Å². The SMILES string of the molecule is O=C(NCc1ccncc1)NC1CCC(NC(=O)c2ccccc2)CC1. The van der Waals surface area contributed by atoms with E-state index in [0.29, 0.717) is 12.1 Å². The van der Waals surface area contributed by atoms with Gasteiger partial charge in [-0.25, -0.2) is 4.79 Å². The van der Waals surface area contributed by atoms with Gasteiger partial charge in [0, 0.05) is 36.6 Å². The van der Waals surface area contributed by atoms with Crippen LogP contribution in [0.1, 0.15) is 41.6 Å². The van der Waals surface area contributed by atoms with Crippen LogP contribution in [0.15, 0.2) is 54.9 Å². The third kappa shape index (κ3) is 5.31. The zero-order valence-corrected chi connectivity index (χ0v) is 14.7. The summed E-state index contributed by atoms with van der Waals surface area (Å²) >= 11 is 0. The fraction of sp³-hybridized carbons (Fsp3) is 0.350. The molecular weight excluding hydrogens is 328 g/mol. The Kier molecular flexibility index (Phi) is 6.19. The topological polar surface area (TPSA) is 83.1 Å². The highest BCUT2D eigenvalue weighted by atomic mass is 16.2. The van der Waals surface area contributed by atoms with E-state index in [1.54, 1.807) is 12.4 Å². The lowest BCUT2D eigenvalue weighted by Gasteiger charge is -2.29. The highest BCUT2D eigenvalue weighted by Gasteiger charge is 2.23. The van der Waals surface area contributed by atoms with E-state index in [2.05, 4.69) is 20.9 Å². The Morgan fingerprint density at radius 2 is 1.50 bits per heavy atom. The largest absolute Gasteiger partial charge is 0.349 e. The van der Waals surface area contributed by atoms with Gasteiger partial charge in [-0.2, -0.15) is 0 Å². The van der Waals surface area contributed by atoms with Gasteiger partial charge in [-0.15, -0.1) is 0 Å². The molecule has 3 rings (SSSR count). The minimum Gasteiger partial charge on any atom is -0.349 e. The minimum absolute atomic E-state index is 0.0305. The van der Waals surface area contributed by atoms with Crippen LogP contribution < -0.4 is 16.0 Å². The van der Waals surface area contributed by atoms with Gasteiger partial charge in [0.05, 0.1) is 0 Å². The molecule has 0 atom stereocenters. The average Bonchev–Trinajstić information content (AvgIpc) is 2.69. The third-order valence-electron chi connectivity index (χ3n) is 4.64. The molecule has 0 unspecified atom stereocenters. The van der Waals surface area contributed by atoms with Crippen LogP contribution in [0, 0.1) is 0 Å². The summed E-state index contributed by atoms with van der Waals surface area (Å²) in [6.07, 6.45) is 6.88. The number of hydrogen-bond acceptors (Lipinski definition) is 3. The quantitative estimate of drug-likeness (QED) is 0.773. The summed E-state index contributed by atoms with van der Waals surface area (Å²) < 4.78 is 0. The predicted octanol–water partition coefficient (Wildman–Crippen LogP) is 2.62. The summed E-state index contributed by atoms with van der Waals surface area (Å²) in [4.78, 5) is 28.2. The maximum atomic E-state index is 12.2. The van der Waals surface area contributed by atoms with Crippen molar-refractivity contribution in [2.24, 2.45) is 0 Å². The molecule has 6 heteroatoms. The summed E-state index contributed by atoms with van der Waals surface area (Å²) in [5, 5.41) is 8.96. The van der Waals surface area contributed by atoms with Crippen molar-refractivity contribution in [3.05, 3.63) is 66.0 Å². The van der Waals surface area contributed by atoms with Gasteiger partial charge in [-0.3, -0.25) is 9.78 Å². The molecule has 136 valence electrons. The van der Waals surface area contributed by atoms with Crippen LogP contribution in [-0.4, -0.2) is 29.0 Å². The van der Waals surface area contributed by atoms with Gasteiger partial charge in [0.2, 0.25) is 0 Å². The van der Waals surface area contributed by atoms with Crippen LogP contribution in [-0.2, 0) is 6.54 Å². The third-order valence-corrected chi connectivity index (χ3v) is 4.64. The van der Waals surface area contributed by atoms with Crippen molar-refractivity contribution < 1.29 is 9.59 Å². The first-order valence-corrected chi connectivity index (χ1v) is 9.00. The van der Waals surface area contributed by atoms with E-state index in [4.69, 9.17) is 0 Å². The van der Waals surface area contributed by atoms with E-state index in [1.165, 1.54) is 0 Å². The van der Waals surface area contributed by atoms with Crippen molar-refractivity contribution in [3.63, 3.8) is 0 Å². The van der Waals surface area contributed by atoms with E-state index >= 15 is 0 Å². The second-order valence-corrected chi connectivity index (χ2v) is 6.57. The first-order valence-electron chi connectivity index (χ1n) is 9.00. The lowest BCUT2D eigenvalue weighted by molar-refractivity contribution is 0.0924. The van der Waals surface area contributed by atoms with Crippen LogP contribution in [0.2, 0.25) is 0 Å². The smallest absolute Gasteiger partial charge is 0.315 e. The average molecular weight is 352 g/mol. The van der Waals surface area contributed by atoms with Crippen LogP contribution in [0.4, 0.5) is 4.79 Å². The monoisotopic (exact) mass is 352 g/mol. The molecule has 0 bridgehead atoms. The van der Waals surface area contributed by atoms with Gasteiger partial charge in [-0.05, 0) is 55.5 Å². The van der Waals surface area contributed by atoms with Crippen molar-refractivity contribution >= 4 is 11.9 Å². The van der Waals surface area contributed by atoms with E-state index in [-0.39, 0.29) is 24.0 Å². The number of benzene rings is 1. The lowest BCUT2D eigenvalue weighted by atomic mass is 9.91. The van der Waals surface area contributed by atoms with Crippen LogP contribution in [0.3, 0.4) is 0 Å². The molecule has 3 amide bonds. The summed E-state index contributed by atoms with van der Waals surface area (Å²) in [7, 11) is 0. The Balaban J connectivity index is 1.37. The maximum Gasteiger partial charge on any atom is 0.315 e. The van der Waals surface area contributed by atoms with Gasteiger partial charge < -0.3 is 16.0 Å². The van der Waals surface area contributed by atoms with Crippen LogP contribution in [0.25, 0.3) is 0 Å². The number of amides is 3. The summed E-state index contributed by atoms with van der Waals surface area (Å²) in [5.74, 6) is -0.0305. The number of hydrogen-bond donors (Lipinski definition) is 3. The Labute approximate surface area is 153 Å². The molecule has 6 nitrogen and oxygen atoms in total. The van der Waals surface area contributed by atoms with Gasteiger partial charge in [0.15, 0.2) is 0 Å². The molecule has 1 aliphatic rings. The number of carbonyl (C=O) groups excluding carboxylic acids is 2. The number of pyridine rings is 1.